The van der Waals surface area contributed by atoms with Crippen molar-refractivity contribution in [3.05, 3.63) is 0 Å². The highest BCUT2D eigenvalue weighted by Crippen LogP contribution is 2.02. The molecule has 0 aliphatic rings. The van der Waals surface area contributed by atoms with Crippen LogP contribution in [0.25, 0.3) is 0 Å². The van der Waals surface area contributed by atoms with Gasteiger partial charge < -0.3 is 15.7 Å². The van der Waals surface area contributed by atoms with E-state index < -0.39 is 0 Å². The van der Waals surface area contributed by atoms with E-state index in [9.17, 15) is 4.79 Å². The standard InChI is InChI=1S/C9H20N2O2/c1-7(2)11(4-5-12)9(13)6-8(3)10/h7-8,12H,4-6,10H2,1-3H3. The predicted molar refractivity (Wildman–Crippen MR) is 52.2 cm³/mol. The lowest BCUT2D eigenvalue weighted by Crippen LogP contribution is -2.41. The Hall–Kier alpha value is -0.610. The quantitative estimate of drug-likeness (QED) is 0.636. The maximum Gasteiger partial charge on any atom is 0.224 e. The van der Waals surface area contributed by atoms with Gasteiger partial charge >= 0.3 is 0 Å². The van der Waals surface area contributed by atoms with Crippen molar-refractivity contribution in [1.82, 2.24) is 4.90 Å². The van der Waals surface area contributed by atoms with Crippen molar-refractivity contribution in [2.45, 2.75) is 39.3 Å². The fourth-order valence-electron chi connectivity index (χ4n) is 1.17. The van der Waals surface area contributed by atoms with E-state index in [1.54, 1.807) is 11.8 Å². The number of hydrogen-bond donors (Lipinski definition) is 2. The molecule has 0 bridgehead atoms. The molecule has 0 saturated carbocycles. The zero-order chi connectivity index (χ0) is 10.4. The Morgan fingerprint density at radius 2 is 2.00 bits per heavy atom. The molecule has 4 heteroatoms. The maximum atomic E-state index is 11.5. The van der Waals surface area contributed by atoms with Gasteiger partial charge in [-0.3, -0.25) is 4.79 Å². The molecule has 1 atom stereocenters. The maximum absolute atomic E-state index is 11.5. The Morgan fingerprint density at radius 3 is 2.31 bits per heavy atom. The molecule has 0 heterocycles. The van der Waals surface area contributed by atoms with Gasteiger partial charge in [0.2, 0.25) is 5.91 Å². The SMILES string of the molecule is CC(N)CC(=O)N(CCO)C(C)C. The molecule has 1 amide bonds. The van der Waals surface area contributed by atoms with E-state index in [0.717, 1.165) is 0 Å². The predicted octanol–water partition coefficient (Wildman–Crippen LogP) is -0.0470. The van der Waals surface area contributed by atoms with Crippen LogP contribution in [0.15, 0.2) is 0 Å². The first-order valence-electron chi connectivity index (χ1n) is 4.65. The monoisotopic (exact) mass is 188 g/mol. The average molecular weight is 188 g/mol. The van der Waals surface area contributed by atoms with Crippen molar-refractivity contribution in [2.24, 2.45) is 5.73 Å². The lowest BCUT2D eigenvalue weighted by atomic mass is 10.2. The van der Waals surface area contributed by atoms with Gasteiger partial charge in [0.1, 0.15) is 0 Å². The molecule has 1 unspecified atom stereocenters. The second-order valence-corrected chi connectivity index (χ2v) is 3.59. The summed E-state index contributed by atoms with van der Waals surface area (Å²) in [5, 5.41) is 8.74. The third kappa shape index (κ3) is 4.85. The third-order valence-electron chi connectivity index (χ3n) is 1.78. The van der Waals surface area contributed by atoms with E-state index in [-0.39, 0.29) is 24.6 Å². The summed E-state index contributed by atoms with van der Waals surface area (Å²) >= 11 is 0. The van der Waals surface area contributed by atoms with Gasteiger partial charge in [0.15, 0.2) is 0 Å². The highest BCUT2D eigenvalue weighted by Gasteiger charge is 2.16. The molecule has 0 aliphatic carbocycles. The van der Waals surface area contributed by atoms with E-state index in [1.165, 1.54) is 0 Å². The van der Waals surface area contributed by atoms with Crippen LogP contribution in [0.3, 0.4) is 0 Å². The van der Waals surface area contributed by atoms with Crippen LogP contribution in [-0.2, 0) is 4.79 Å². The second-order valence-electron chi connectivity index (χ2n) is 3.59. The van der Waals surface area contributed by atoms with Gasteiger partial charge in [-0.2, -0.15) is 0 Å². The molecule has 0 aromatic rings. The first-order valence-corrected chi connectivity index (χ1v) is 4.65. The van der Waals surface area contributed by atoms with Crippen LogP contribution in [0.2, 0.25) is 0 Å². The fraction of sp³-hybridized carbons (Fsp3) is 0.889. The average Bonchev–Trinajstić information content (AvgIpc) is 1.97. The van der Waals surface area contributed by atoms with Crippen LogP contribution >= 0.6 is 0 Å². The number of nitrogens with zero attached hydrogens (tertiary/aromatic N) is 1. The smallest absolute Gasteiger partial charge is 0.224 e. The number of rotatable bonds is 5. The summed E-state index contributed by atoms with van der Waals surface area (Å²) in [5.41, 5.74) is 5.52. The number of aliphatic hydroxyl groups is 1. The Balaban J connectivity index is 4.11. The molecule has 78 valence electrons. The van der Waals surface area contributed by atoms with Crippen LogP contribution in [-0.4, -0.2) is 41.1 Å². The number of hydrogen-bond acceptors (Lipinski definition) is 3. The number of carbonyl (C=O) groups excluding carboxylic acids is 1. The molecule has 3 N–H and O–H groups in total. The van der Waals surface area contributed by atoms with E-state index in [0.29, 0.717) is 13.0 Å². The van der Waals surface area contributed by atoms with Gasteiger partial charge in [0.25, 0.3) is 0 Å². The molecule has 0 aromatic carbocycles. The van der Waals surface area contributed by atoms with Crippen molar-refractivity contribution in [1.29, 1.82) is 0 Å². The summed E-state index contributed by atoms with van der Waals surface area (Å²) in [7, 11) is 0. The first kappa shape index (κ1) is 12.4. The fourth-order valence-corrected chi connectivity index (χ4v) is 1.17. The molecule has 0 aromatic heterocycles. The van der Waals surface area contributed by atoms with Crippen LogP contribution in [0.1, 0.15) is 27.2 Å². The van der Waals surface area contributed by atoms with Gasteiger partial charge in [-0.05, 0) is 20.8 Å². The number of aliphatic hydroxyl groups excluding tert-OH is 1. The minimum absolute atomic E-state index is 0.00285. The third-order valence-corrected chi connectivity index (χ3v) is 1.78. The summed E-state index contributed by atoms with van der Waals surface area (Å²) in [4.78, 5) is 13.2. The molecule has 0 rings (SSSR count). The molecule has 0 spiro atoms. The van der Waals surface area contributed by atoms with E-state index in [4.69, 9.17) is 10.8 Å². The highest BCUT2D eigenvalue weighted by molar-refractivity contribution is 5.77. The van der Waals surface area contributed by atoms with Crippen LogP contribution in [0, 0.1) is 0 Å². The number of nitrogens with two attached hydrogens (primary N) is 1. The van der Waals surface area contributed by atoms with Gasteiger partial charge in [-0.15, -0.1) is 0 Å². The molecular formula is C9H20N2O2. The van der Waals surface area contributed by atoms with E-state index in [1.807, 2.05) is 13.8 Å². The summed E-state index contributed by atoms with van der Waals surface area (Å²) in [6.07, 6.45) is 0.345. The van der Waals surface area contributed by atoms with Gasteiger partial charge in [0.05, 0.1) is 6.61 Å². The van der Waals surface area contributed by atoms with Gasteiger partial charge in [0, 0.05) is 25.0 Å². The summed E-state index contributed by atoms with van der Waals surface area (Å²) in [6, 6.07) is 0.00541. The second kappa shape index (κ2) is 5.94. The van der Waals surface area contributed by atoms with E-state index in [2.05, 4.69) is 0 Å². The Kier molecular flexibility index (Phi) is 5.66. The lowest BCUT2D eigenvalue weighted by molar-refractivity contribution is -0.133. The van der Waals surface area contributed by atoms with E-state index >= 15 is 0 Å². The normalized spacial score (nSPS) is 13.1. The lowest BCUT2D eigenvalue weighted by Gasteiger charge is -2.26. The minimum atomic E-state index is -0.118. The molecule has 4 nitrogen and oxygen atoms in total. The Morgan fingerprint density at radius 1 is 1.46 bits per heavy atom. The van der Waals surface area contributed by atoms with Gasteiger partial charge in [-0.25, -0.2) is 0 Å². The summed E-state index contributed by atoms with van der Waals surface area (Å²) < 4.78 is 0. The molecule has 0 radical (unpaired) electrons. The van der Waals surface area contributed by atoms with Crippen molar-refractivity contribution >= 4 is 5.91 Å². The van der Waals surface area contributed by atoms with Crippen molar-refractivity contribution in [3.63, 3.8) is 0 Å². The minimum Gasteiger partial charge on any atom is -0.395 e. The topological polar surface area (TPSA) is 66.6 Å². The molecule has 0 saturated heterocycles. The van der Waals surface area contributed by atoms with Crippen molar-refractivity contribution in [2.75, 3.05) is 13.2 Å². The zero-order valence-corrected chi connectivity index (χ0v) is 8.66. The summed E-state index contributed by atoms with van der Waals surface area (Å²) in [5.74, 6) is 0.0130. The van der Waals surface area contributed by atoms with Crippen molar-refractivity contribution < 1.29 is 9.90 Å². The molecule has 0 fully saturated rings. The molecular weight excluding hydrogens is 168 g/mol. The van der Waals surface area contributed by atoms with Crippen LogP contribution < -0.4 is 5.73 Å². The molecule has 13 heavy (non-hydrogen) atoms. The number of carbonyl (C=O) groups is 1. The first-order chi connectivity index (χ1) is 5.99. The van der Waals surface area contributed by atoms with Crippen LogP contribution in [0.5, 0.6) is 0 Å². The van der Waals surface area contributed by atoms with Crippen LogP contribution in [0.4, 0.5) is 0 Å². The van der Waals surface area contributed by atoms with Gasteiger partial charge in [-0.1, -0.05) is 0 Å². The summed E-state index contributed by atoms with van der Waals surface area (Å²) in [6.45, 7) is 6.05. The zero-order valence-electron chi connectivity index (χ0n) is 8.66. The number of amides is 1. The Labute approximate surface area is 79.7 Å². The Bertz CT molecular complexity index is 158. The largest absolute Gasteiger partial charge is 0.395 e. The molecule has 0 aliphatic heterocycles. The van der Waals surface area contributed by atoms with Crippen molar-refractivity contribution in [3.8, 4) is 0 Å². The highest BCUT2D eigenvalue weighted by atomic mass is 16.3.